The van der Waals surface area contributed by atoms with Gasteiger partial charge in [-0.05, 0) is 62.0 Å². The number of ketones is 2. The van der Waals surface area contributed by atoms with Gasteiger partial charge in [0.05, 0.1) is 11.0 Å². The number of hydrogen-bond donors (Lipinski definition) is 4. The first-order valence-corrected chi connectivity index (χ1v) is 13.0. The van der Waals surface area contributed by atoms with Crippen LogP contribution in [-0.4, -0.2) is 66.6 Å². The molecule has 0 amide bonds. The summed E-state index contributed by atoms with van der Waals surface area (Å²) in [6, 6.07) is 0. The molecule has 4 aliphatic rings. The minimum absolute atomic E-state index is 0. The largest absolute Gasteiger partial charge is 0.481 e. The molecule has 0 bridgehead atoms. The Balaban J connectivity index is 0.000000503. The molecule has 4 rings (SSSR count). The lowest BCUT2D eigenvalue weighted by molar-refractivity contribution is -0.179. The maximum Gasteiger partial charge on any atom is 0.303 e. The zero-order chi connectivity index (χ0) is 26.4. The highest BCUT2D eigenvalue weighted by Crippen LogP contribution is 2.71. The van der Waals surface area contributed by atoms with Crippen LogP contribution in [0.3, 0.4) is 0 Å². The highest BCUT2D eigenvalue weighted by molar-refractivity contribution is 6.26. The molecule has 9 heteroatoms. The molecule has 36 heavy (non-hydrogen) atoms. The van der Waals surface area contributed by atoms with Crippen molar-refractivity contribution in [2.45, 2.75) is 89.2 Å². The standard InChI is InChI=1S/C22H29ClO5.C5H10O2.H2O/c1-12-8-16-15-5-4-13-9-14(25)6-7-19(13,2)21(15,23)17(26)10-20(16,3)22(12,28)18(27)11-24;1-2-3-4-5(6)7;/h6-7,9,12,15-17,24,26,28H,4-5,8,10-11H2,1-3H3;2-4H2,1H3,(H,6,7);1H2/t12-,15-,16-,17-,19-,20-,21-,22-;;/m0../s1. The number of rotatable bonds is 5. The van der Waals surface area contributed by atoms with Crippen molar-refractivity contribution in [2.24, 2.45) is 28.6 Å². The normalized spacial score (nSPS) is 42.6. The van der Waals surface area contributed by atoms with Crippen molar-refractivity contribution in [3.05, 3.63) is 23.8 Å². The molecule has 0 unspecified atom stereocenters. The monoisotopic (exact) mass is 528 g/mol. The number of carbonyl (C=O) groups excluding carboxylic acids is 2. The van der Waals surface area contributed by atoms with Crippen molar-refractivity contribution < 1.29 is 40.3 Å². The van der Waals surface area contributed by atoms with Gasteiger partial charge in [-0.1, -0.05) is 45.8 Å². The first-order valence-electron chi connectivity index (χ1n) is 12.6. The maximum absolute atomic E-state index is 12.6. The Morgan fingerprint density at radius 3 is 2.39 bits per heavy atom. The van der Waals surface area contributed by atoms with Gasteiger partial charge in [-0.25, -0.2) is 0 Å². The molecule has 204 valence electrons. The van der Waals surface area contributed by atoms with Crippen molar-refractivity contribution in [3.8, 4) is 0 Å². The maximum atomic E-state index is 12.6. The summed E-state index contributed by atoms with van der Waals surface area (Å²) in [6.07, 6.45) is 8.30. The Labute approximate surface area is 217 Å². The number of allylic oxidation sites excluding steroid dienone is 4. The molecule has 0 spiro atoms. The van der Waals surface area contributed by atoms with Gasteiger partial charge in [0.25, 0.3) is 0 Å². The number of aliphatic carboxylic acids is 1. The van der Waals surface area contributed by atoms with Crippen LogP contribution in [0.4, 0.5) is 0 Å². The Morgan fingerprint density at radius 2 is 1.86 bits per heavy atom. The number of alkyl halides is 1. The van der Waals surface area contributed by atoms with Crippen molar-refractivity contribution in [3.63, 3.8) is 0 Å². The molecule has 8 nitrogen and oxygen atoms in total. The molecule has 0 aliphatic heterocycles. The number of aliphatic hydroxyl groups excluding tert-OH is 2. The number of hydrogen-bond acceptors (Lipinski definition) is 6. The molecule has 0 saturated heterocycles. The van der Waals surface area contributed by atoms with E-state index in [0.717, 1.165) is 18.4 Å². The average Bonchev–Trinajstić information content (AvgIpc) is 3.00. The summed E-state index contributed by atoms with van der Waals surface area (Å²) < 4.78 is 0. The molecule has 3 saturated carbocycles. The van der Waals surface area contributed by atoms with E-state index in [1.165, 1.54) is 6.08 Å². The topological polar surface area (TPSA) is 164 Å². The van der Waals surface area contributed by atoms with Gasteiger partial charge in [-0.15, -0.1) is 11.6 Å². The Bertz CT molecular complexity index is 946. The SMILES string of the molecule is CCCCC(=O)O.C[C@H]1C[C@H]2[C@@H]3CCC4=CC(=O)C=C[C@]4(C)[C@@]3(Cl)[C@@H](O)C[C@]2(C)[C@@]1(O)C(=O)CO.O. The van der Waals surface area contributed by atoms with Crippen molar-refractivity contribution in [1.82, 2.24) is 0 Å². The van der Waals surface area contributed by atoms with Crippen LogP contribution in [0.1, 0.15) is 72.6 Å². The van der Waals surface area contributed by atoms with E-state index in [4.69, 9.17) is 16.7 Å². The summed E-state index contributed by atoms with van der Waals surface area (Å²) >= 11 is 7.30. The summed E-state index contributed by atoms with van der Waals surface area (Å²) in [6.45, 7) is 6.95. The van der Waals surface area contributed by atoms with E-state index < -0.39 is 45.8 Å². The van der Waals surface area contributed by atoms with Gasteiger partial charge >= 0.3 is 5.97 Å². The van der Waals surface area contributed by atoms with Crippen LogP contribution in [0.2, 0.25) is 0 Å². The summed E-state index contributed by atoms with van der Waals surface area (Å²) in [5, 5.41) is 40.4. The first kappa shape index (κ1) is 30.6. The van der Waals surface area contributed by atoms with Crippen LogP contribution in [-0.2, 0) is 14.4 Å². The molecule has 0 aromatic heterocycles. The second-order valence-corrected chi connectivity index (χ2v) is 11.9. The number of halogens is 1. The van der Waals surface area contributed by atoms with Gasteiger partial charge in [-0.3, -0.25) is 14.4 Å². The average molecular weight is 529 g/mol. The lowest BCUT2D eigenvalue weighted by atomic mass is 9.45. The van der Waals surface area contributed by atoms with Gasteiger partial charge in [0, 0.05) is 17.3 Å². The quantitative estimate of drug-likeness (QED) is 0.398. The minimum Gasteiger partial charge on any atom is -0.481 e. The molecule has 4 aliphatic carbocycles. The van der Waals surface area contributed by atoms with Gasteiger partial charge < -0.3 is 25.9 Å². The fourth-order valence-corrected chi connectivity index (χ4v) is 8.11. The Hall–Kier alpha value is -1.58. The number of fused-ring (bicyclic) bond motifs is 5. The number of carboxylic acid groups (broad SMARTS) is 1. The Kier molecular flexibility index (Phi) is 9.07. The van der Waals surface area contributed by atoms with Crippen LogP contribution in [0.15, 0.2) is 23.8 Å². The summed E-state index contributed by atoms with van der Waals surface area (Å²) in [4.78, 5) is 33.3. The summed E-state index contributed by atoms with van der Waals surface area (Å²) in [5.41, 5.74) is -2.25. The van der Waals surface area contributed by atoms with Gasteiger partial charge in [-0.2, -0.15) is 0 Å². The fraction of sp³-hybridized carbons (Fsp3) is 0.741. The Morgan fingerprint density at radius 1 is 1.22 bits per heavy atom. The number of carbonyl (C=O) groups is 3. The molecule has 0 aromatic rings. The van der Waals surface area contributed by atoms with Gasteiger partial charge in [0.1, 0.15) is 12.2 Å². The summed E-state index contributed by atoms with van der Waals surface area (Å²) in [5.74, 6) is -1.84. The van der Waals surface area contributed by atoms with Crippen LogP contribution in [0.25, 0.3) is 0 Å². The van der Waals surface area contributed by atoms with Crippen LogP contribution in [0.5, 0.6) is 0 Å². The third-order valence-corrected chi connectivity index (χ3v) is 10.5. The van der Waals surface area contributed by atoms with Gasteiger partial charge in [0.2, 0.25) is 0 Å². The van der Waals surface area contributed by atoms with E-state index in [-0.39, 0.29) is 35.4 Å². The molecule has 0 radical (unpaired) electrons. The van der Waals surface area contributed by atoms with Crippen molar-refractivity contribution >= 4 is 29.1 Å². The first-order chi connectivity index (χ1) is 16.2. The predicted molar refractivity (Wildman–Crippen MR) is 135 cm³/mol. The molecule has 8 atom stereocenters. The predicted octanol–water partition coefficient (Wildman–Crippen LogP) is 2.60. The van der Waals surface area contributed by atoms with Crippen LogP contribution in [0, 0.1) is 28.6 Å². The van der Waals surface area contributed by atoms with Gasteiger partial charge in [0.15, 0.2) is 11.6 Å². The molecule has 3 fully saturated rings. The number of Topliss-reactive ketones (excluding diaryl/α,β-unsaturated/α-hetero) is 1. The summed E-state index contributed by atoms with van der Waals surface area (Å²) in [7, 11) is 0. The minimum atomic E-state index is -1.68. The second-order valence-electron chi connectivity index (χ2n) is 11.2. The third-order valence-electron chi connectivity index (χ3n) is 9.54. The van der Waals surface area contributed by atoms with Crippen LogP contribution < -0.4 is 0 Å². The number of carboxylic acids is 1. The van der Waals surface area contributed by atoms with E-state index >= 15 is 0 Å². The zero-order valence-corrected chi connectivity index (χ0v) is 22.3. The third kappa shape index (κ3) is 4.29. The van der Waals surface area contributed by atoms with Crippen LogP contribution >= 0.6 is 11.6 Å². The zero-order valence-electron chi connectivity index (χ0n) is 21.6. The highest BCUT2D eigenvalue weighted by Gasteiger charge is 2.74. The molecular formula is C27H41ClO8. The second kappa shape index (κ2) is 10.7. The van der Waals surface area contributed by atoms with E-state index in [0.29, 0.717) is 25.7 Å². The fourth-order valence-electron chi connectivity index (χ4n) is 7.59. The lowest BCUT2D eigenvalue weighted by Gasteiger charge is -2.63. The molecule has 0 heterocycles. The molecular weight excluding hydrogens is 488 g/mol. The van der Waals surface area contributed by atoms with E-state index in [9.17, 15) is 29.7 Å². The van der Waals surface area contributed by atoms with Crippen molar-refractivity contribution in [2.75, 3.05) is 6.61 Å². The van der Waals surface area contributed by atoms with Crippen molar-refractivity contribution in [1.29, 1.82) is 0 Å². The number of unbranched alkanes of at least 4 members (excludes halogenated alkanes) is 1. The van der Waals surface area contributed by atoms with E-state index in [2.05, 4.69) is 0 Å². The van der Waals surface area contributed by atoms with E-state index in [1.807, 2.05) is 33.8 Å². The molecule has 6 N–H and O–H groups in total. The smallest absolute Gasteiger partial charge is 0.303 e. The van der Waals surface area contributed by atoms with E-state index in [1.54, 1.807) is 6.08 Å². The lowest BCUT2D eigenvalue weighted by Crippen LogP contribution is -2.69. The number of aliphatic hydroxyl groups is 3. The molecule has 0 aromatic carbocycles. The highest BCUT2D eigenvalue weighted by atomic mass is 35.5.